The van der Waals surface area contributed by atoms with E-state index in [0.29, 0.717) is 6.54 Å². The maximum atomic E-state index is 12.1. The maximum absolute atomic E-state index is 12.1. The fourth-order valence-electron chi connectivity index (χ4n) is 2.42. The first-order chi connectivity index (χ1) is 9.15. The summed E-state index contributed by atoms with van der Waals surface area (Å²) < 4.78 is 1.90. The van der Waals surface area contributed by atoms with E-state index in [1.165, 1.54) is 30.6 Å². The average Bonchev–Trinajstić information content (AvgIpc) is 2.61. The van der Waals surface area contributed by atoms with E-state index in [1.54, 1.807) is 0 Å². The van der Waals surface area contributed by atoms with Gasteiger partial charge in [-0.05, 0) is 59.8 Å². The molecule has 1 fully saturated rings. The Morgan fingerprint density at radius 3 is 2.47 bits per heavy atom. The third-order valence-corrected chi connectivity index (χ3v) is 4.58. The van der Waals surface area contributed by atoms with Crippen LogP contribution in [-0.4, -0.2) is 25.5 Å². The zero-order valence-electron chi connectivity index (χ0n) is 10.8. The van der Waals surface area contributed by atoms with Crippen molar-refractivity contribution in [3.05, 3.63) is 27.1 Å². The van der Waals surface area contributed by atoms with E-state index in [0.717, 1.165) is 27.7 Å². The summed E-state index contributed by atoms with van der Waals surface area (Å²) in [4.78, 5) is 13.5. The van der Waals surface area contributed by atoms with Crippen molar-refractivity contribution < 1.29 is 9.69 Å². The molecule has 1 aliphatic heterocycles. The molecule has 1 aliphatic rings. The van der Waals surface area contributed by atoms with Gasteiger partial charge < -0.3 is 10.2 Å². The van der Waals surface area contributed by atoms with E-state index < -0.39 is 0 Å². The molecule has 0 saturated carbocycles. The number of carbonyl (C=O) groups excluding carboxylic acids is 1. The van der Waals surface area contributed by atoms with Crippen LogP contribution in [0.5, 0.6) is 0 Å². The van der Waals surface area contributed by atoms with Crippen molar-refractivity contribution in [2.75, 3.05) is 25.0 Å². The number of anilines is 1. The number of likely N-dealkylation sites (tertiary alicyclic amines) is 1. The fraction of sp³-hybridized carbons (Fsp3) is 0.500. The molecule has 1 heterocycles. The molecule has 2 rings (SSSR count). The molecule has 0 bridgehead atoms. The van der Waals surface area contributed by atoms with Gasteiger partial charge in [0.15, 0.2) is 6.54 Å². The van der Waals surface area contributed by atoms with Crippen LogP contribution in [0.15, 0.2) is 27.1 Å². The van der Waals surface area contributed by atoms with Gasteiger partial charge in [0, 0.05) is 8.95 Å². The number of halogens is 2. The van der Waals surface area contributed by atoms with Crippen LogP contribution in [0.1, 0.15) is 25.7 Å². The molecule has 0 aliphatic carbocycles. The van der Waals surface area contributed by atoms with Crippen molar-refractivity contribution in [3.63, 3.8) is 0 Å². The zero-order valence-corrected chi connectivity index (χ0v) is 14.0. The molecule has 1 amide bonds. The van der Waals surface area contributed by atoms with Gasteiger partial charge >= 0.3 is 0 Å². The van der Waals surface area contributed by atoms with Crippen LogP contribution in [0.4, 0.5) is 5.69 Å². The van der Waals surface area contributed by atoms with E-state index >= 15 is 0 Å². The number of rotatable bonds is 3. The highest BCUT2D eigenvalue weighted by atomic mass is 79.9. The lowest BCUT2D eigenvalue weighted by molar-refractivity contribution is -0.890. The van der Waals surface area contributed by atoms with Crippen molar-refractivity contribution in [2.24, 2.45) is 0 Å². The Kier molecular flexibility index (Phi) is 5.85. The highest BCUT2D eigenvalue weighted by Gasteiger charge is 2.16. The standard InChI is InChI=1S/C14H18Br2N2O/c15-11-5-6-13(12(16)9-11)17-14(19)10-18-7-3-1-2-4-8-18/h5-6,9H,1-4,7-8,10H2,(H,17,19)/p+1. The van der Waals surface area contributed by atoms with Gasteiger partial charge in [0.2, 0.25) is 0 Å². The third-order valence-electron chi connectivity index (χ3n) is 3.43. The Hall–Kier alpha value is -0.390. The molecule has 0 radical (unpaired) electrons. The van der Waals surface area contributed by atoms with Crippen LogP contribution in [-0.2, 0) is 4.79 Å². The van der Waals surface area contributed by atoms with E-state index in [2.05, 4.69) is 37.2 Å². The minimum atomic E-state index is 0.0972. The molecule has 5 heteroatoms. The molecule has 3 nitrogen and oxygen atoms in total. The molecule has 0 spiro atoms. The first-order valence-electron chi connectivity index (χ1n) is 6.73. The van der Waals surface area contributed by atoms with Gasteiger partial charge in [-0.1, -0.05) is 15.9 Å². The topological polar surface area (TPSA) is 33.5 Å². The quantitative estimate of drug-likeness (QED) is 0.817. The first-order valence-corrected chi connectivity index (χ1v) is 8.32. The second-order valence-electron chi connectivity index (χ2n) is 5.01. The number of nitrogens with one attached hydrogen (secondary N) is 2. The van der Waals surface area contributed by atoms with Crippen LogP contribution >= 0.6 is 31.9 Å². The van der Waals surface area contributed by atoms with Gasteiger partial charge in [-0.2, -0.15) is 0 Å². The summed E-state index contributed by atoms with van der Waals surface area (Å²) in [6.45, 7) is 2.81. The van der Waals surface area contributed by atoms with Gasteiger partial charge in [-0.15, -0.1) is 0 Å². The van der Waals surface area contributed by atoms with Crippen molar-refractivity contribution in [2.45, 2.75) is 25.7 Å². The summed E-state index contributed by atoms with van der Waals surface area (Å²) in [7, 11) is 0. The van der Waals surface area contributed by atoms with Crippen molar-refractivity contribution in [1.29, 1.82) is 0 Å². The molecule has 0 atom stereocenters. The molecule has 0 unspecified atom stereocenters. The van der Waals surface area contributed by atoms with Crippen LogP contribution in [0, 0.1) is 0 Å². The molecular formula is C14H19Br2N2O+. The predicted molar refractivity (Wildman–Crippen MR) is 84.5 cm³/mol. The number of carbonyl (C=O) groups is 1. The lowest BCUT2D eigenvalue weighted by Gasteiger charge is -2.16. The van der Waals surface area contributed by atoms with Crippen LogP contribution in [0.3, 0.4) is 0 Å². The van der Waals surface area contributed by atoms with Crippen molar-refractivity contribution >= 4 is 43.5 Å². The molecule has 1 aromatic carbocycles. The largest absolute Gasteiger partial charge is 0.327 e. The number of hydrogen-bond donors (Lipinski definition) is 2. The van der Waals surface area contributed by atoms with Gasteiger partial charge in [-0.3, -0.25) is 4.79 Å². The molecule has 1 aromatic rings. The third kappa shape index (κ3) is 4.89. The highest BCUT2D eigenvalue weighted by Crippen LogP contribution is 2.25. The Balaban J connectivity index is 1.89. The van der Waals surface area contributed by atoms with Crippen molar-refractivity contribution in [3.8, 4) is 0 Å². The molecule has 2 N–H and O–H groups in total. The summed E-state index contributed by atoms with van der Waals surface area (Å²) in [5.74, 6) is 0.0972. The molecule has 104 valence electrons. The molecular weight excluding hydrogens is 372 g/mol. The summed E-state index contributed by atoms with van der Waals surface area (Å²) in [5.41, 5.74) is 0.836. The van der Waals surface area contributed by atoms with E-state index in [4.69, 9.17) is 0 Å². The fourth-order valence-corrected chi connectivity index (χ4v) is 3.56. The average molecular weight is 391 g/mol. The Morgan fingerprint density at radius 2 is 1.84 bits per heavy atom. The van der Waals surface area contributed by atoms with E-state index in [1.807, 2.05) is 18.2 Å². The Labute approximate surface area is 131 Å². The van der Waals surface area contributed by atoms with E-state index in [9.17, 15) is 4.79 Å². The normalized spacial score (nSPS) is 16.9. The zero-order chi connectivity index (χ0) is 13.7. The van der Waals surface area contributed by atoms with Gasteiger partial charge in [0.05, 0.1) is 18.8 Å². The molecule has 1 saturated heterocycles. The lowest BCUT2D eigenvalue weighted by Crippen LogP contribution is -3.12. The second-order valence-corrected chi connectivity index (χ2v) is 6.78. The molecule has 0 aromatic heterocycles. The van der Waals surface area contributed by atoms with Crippen LogP contribution in [0.2, 0.25) is 0 Å². The van der Waals surface area contributed by atoms with Gasteiger partial charge in [-0.25, -0.2) is 0 Å². The van der Waals surface area contributed by atoms with Gasteiger partial charge in [0.25, 0.3) is 5.91 Å². The summed E-state index contributed by atoms with van der Waals surface area (Å²) >= 11 is 6.87. The Bertz CT molecular complexity index is 443. The van der Waals surface area contributed by atoms with E-state index in [-0.39, 0.29) is 5.91 Å². The summed E-state index contributed by atoms with van der Waals surface area (Å²) in [5, 5.41) is 2.98. The summed E-state index contributed by atoms with van der Waals surface area (Å²) in [6, 6.07) is 5.78. The second kappa shape index (κ2) is 7.41. The SMILES string of the molecule is O=C(C[NH+]1CCCCCC1)Nc1ccc(Br)cc1Br. The molecule has 19 heavy (non-hydrogen) atoms. The number of quaternary nitrogens is 1. The van der Waals surface area contributed by atoms with Crippen molar-refractivity contribution in [1.82, 2.24) is 0 Å². The van der Waals surface area contributed by atoms with Crippen LogP contribution in [0.25, 0.3) is 0 Å². The highest BCUT2D eigenvalue weighted by molar-refractivity contribution is 9.11. The summed E-state index contributed by atoms with van der Waals surface area (Å²) in [6.07, 6.45) is 5.10. The van der Waals surface area contributed by atoms with Crippen LogP contribution < -0.4 is 10.2 Å². The minimum absolute atomic E-state index is 0.0972. The predicted octanol–water partition coefficient (Wildman–Crippen LogP) is 2.61. The number of hydrogen-bond acceptors (Lipinski definition) is 1. The monoisotopic (exact) mass is 389 g/mol. The maximum Gasteiger partial charge on any atom is 0.279 e. The number of amides is 1. The lowest BCUT2D eigenvalue weighted by atomic mass is 10.2. The van der Waals surface area contributed by atoms with Gasteiger partial charge in [0.1, 0.15) is 0 Å². The number of benzene rings is 1. The smallest absolute Gasteiger partial charge is 0.279 e. The first kappa shape index (κ1) is 15.0. The minimum Gasteiger partial charge on any atom is -0.327 e. The Morgan fingerprint density at radius 1 is 1.16 bits per heavy atom.